The number of hydrogen-bond donors (Lipinski definition) is 0. The molecule has 0 amide bonds. The van der Waals surface area contributed by atoms with Gasteiger partial charge in [0, 0.05) is 67.0 Å². The average Bonchev–Trinajstić information content (AvgIpc) is 3.42. The molecule has 6 rings (SSSR count). The van der Waals surface area contributed by atoms with Gasteiger partial charge < -0.3 is 9.42 Å². The third kappa shape index (κ3) is 4.95. The van der Waals surface area contributed by atoms with Crippen LogP contribution in [0.4, 0.5) is 5.69 Å². The molecular formula is C30H30N6O. The molecule has 7 nitrogen and oxygen atoms in total. The molecule has 0 aliphatic carbocycles. The molecule has 0 spiro atoms. The molecule has 2 aromatic carbocycles. The van der Waals surface area contributed by atoms with Gasteiger partial charge in [0.1, 0.15) is 0 Å². The maximum Gasteiger partial charge on any atom is 0.257 e. The van der Waals surface area contributed by atoms with Crippen LogP contribution in [0.15, 0.2) is 83.8 Å². The molecule has 7 heteroatoms. The lowest BCUT2D eigenvalue weighted by molar-refractivity contribution is 0.240. The first kappa shape index (κ1) is 23.3. The standard InChI is InChI=1S/C30H30N6O/c1-21(2)22-5-7-23(8-6-22)30-33-29(34-37-30)20-35-14-16-36(17-15-35)28-11-13-32-27-18-24(9-10-26(27)28)25-4-3-12-31-19-25/h3-13,18-19,21H,14-17,20H2,1-2H3. The highest BCUT2D eigenvalue weighted by molar-refractivity contribution is 5.94. The van der Waals surface area contributed by atoms with Gasteiger partial charge in [0.2, 0.25) is 0 Å². The van der Waals surface area contributed by atoms with E-state index in [0.29, 0.717) is 18.4 Å². The molecule has 1 aliphatic rings. The summed E-state index contributed by atoms with van der Waals surface area (Å²) >= 11 is 0. The zero-order chi connectivity index (χ0) is 25.2. The van der Waals surface area contributed by atoms with Crippen LogP contribution in [-0.2, 0) is 6.54 Å². The quantitative estimate of drug-likeness (QED) is 0.298. The van der Waals surface area contributed by atoms with Gasteiger partial charge in [-0.3, -0.25) is 14.9 Å². The normalized spacial score (nSPS) is 14.5. The van der Waals surface area contributed by atoms with Crippen molar-refractivity contribution in [1.82, 2.24) is 25.0 Å². The first-order chi connectivity index (χ1) is 18.1. The van der Waals surface area contributed by atoms with Crippen LogP contribution < -0.4 is 4.90 Å². The summed E-state index contributed by atoms with van der Waals surface area (Å²) in [5.74, 6) is 1.81. The molecule has 186 valence electrons. The fourth-order valence-corrected chi connectivity index (χ4v) is 4.91. The summed E-state index contributed by atoms with van der Waals surface area (Å²) in [4.78, 5) is 18.4. The van der Waals surface area contributed by atoms with Gasteiger partial charge in [0.25, 0.3) is 5.89 Å². The van der Waals surface area contributed by atoms with Gasteiger partial charge in [0.15, 0.2) is 5.82 Å². The highest BCUT2D eigenvalue weighted by Gasteiger charge is 2.21. The van der Waals surface area contributed by atoms with Crippen LogP contribution in [0.25, 0.3) is 33.5 Å². The molecule has 4 heterocycles. The predicted octanol–water partition coefficient (Wildman–Crippen LogP) is 5.79. The minimum absolute atomic E-state index is 0.500. The Labute approximate surface area is 216 Å². The fourth-order valence-electron chi connectivity index (χ4n) is 4.91. The number of hydrogen-bond acceptors (Lipinski definition) is 7. The van der Waals surface area contributed by atoms with Crippen LogP contribution in [0.2, 0.25) is 0 Å². The summed E-state index contributed by atoms with van der Waals surface area (Å²) < 4.78 is 5.56. The molecule has 1 aliphatic heterocycles. The van der Waals surface area contributed by atoms with Crippen molar-refractivity contribution >= 4 is 16.6 Å². The van der Waals surface area contributed by atoms with Crippen LogP contribution in [0.3, 0.4) is 0 Å². The van der Waals surface area contributed by atoms with Crippen LogP contribution in [-0.4, -0.2) is 51.2 Å². The monoisotopic (exact) mass is 490 g/mol. The van der Waals surface area contributed by atoms with E-state index in [1.165, 1.54) is 16.6 Å². The van der Waals surface area contributed by atoms with Gasteiger partial charge in [-0.2, -0.15) is 4.98 Å². The van der Waals surface area contributed by atoms with Crippen LogP contribution in [0.5, 0.6) is 0 Å². The molecule has 0 saturated carbocycles. The number of anilines is 1. The molecule has 0 atom stereocenters. The summed E-state index contributed by atoms with van der Waals surface area (Å²) in [7, 11) is 0. The van der Waals surface area contributed by atoms with Crippen molar-refractivity contribution in [3.8, 4) is 22.6 Å². The second kappa shape index (κ2) is 10.1. The SMILES string of the molecule is CC(C)c1ccc(-c2nc(CN3CCN(c4ccnc5cc(-c6cccnc6)ccc45)CC3)no2)cc1. The minimum Gasteiger partial charge on any atom is -0.368 e. The molecule has 1 fully saturated rings. The van der Waals surface area contributed by atoms with Crippen molar-refractivity contribution in [3.05, 3.63) is 90.6 Å². The van der Waals surface area contributed by atoms with E-state index in [0.717, 1.165) is 54.2 Å². The number of piperazine rings is 1. The number of pyridine rings is 2. The molecule has 0 radical (unpaired) electrons. The van der Waals surface area contributed by atoms with Crippen LogP contribution >= 0.6 is 0 Å². The lowest BCUT2D eigenvalue weighted by atomic mass is 10.0. The molecule has 3 aromatic heterocycles. The maximum atomic E-state index is 5.56. The first-order valence-corrected chi connectivity index (χ1v) is 12.8. The maximum absolute atomic E-state index is 5.56. The summed E-state index contributed by atoms with van der Waals surface area (Å²) in [5, 5.41) is 5.42. The van der Waals surface area contributed by atoms with Gasteiger partial charge >= 0.3 is 0 Å². The van der Waals surface area contributed by atoms with E-state index < -0.39 is 0 Å². The van der Waals surface area contributed by atoms with Crippen molar-refractivity contribution in [1.29, 1.82) is 0 Å². The van der Waals surface area contributed by atoms with Crippen molar-refractivity contribution in [3.63, 3.8) is 0 Å². The molecular weight excluding hydrogens is 460 g/mol. The Hall–Kier alpha value is -4.10. The first-order valence-electron chi connectivity index (χ1n) is 12.8. The van der Waals surface area contributed by atoms with Gasteiger partial charge in [-0.05, 0) is 47.4 Å². The molecule has 0 bridgehead atoms. The van der Waals surface area contributed by atoms with Gasteiger partial charge in [-0.1, -0.05) is 49.3 Å². The zero-order valence-corrected chi connectivity index (χ0v) is 21.2. The minimum atomic E-state index is 0.500. The number of fused-ring (bicyclic) bond motifs is 1. The summed E-state index contributed by atoms with van der Waals surface area (Å²) in [6.07, 6.45) is 5.59. The average molecular weight is 491 g/mol. The Morgan fingerprint density at radius 1 is 0.865 bits per heavy atom. The smallest absolute Gasteiger partial charge is 0.257 e. The van der Waals surface area contributed by atoms with Crippen LogP contribution in [0.1, 0.15) is 31.2 Å². The summed E-state index contributed by atoms with van der Waals surface area (Å²) in [6, 6.07) is 21.0. The second-order valence-electron chi connectivity index (χ2n) is 9.86. The Bertz CT molecular complexity index is 1490. The fraction of sp³-hybridized carbons (Fsp3) is 0.267. The van der Waals surface area contributed by atoms with Gasteiger partial charge in [-0.25, -0.2) is 0 Å². The van der Waals surface area contributed by atoms with E-state index in [9.17, 15) is 0 Å². The van der Waals surface area contributed by atoms with Crippen molar-refractivity contribution in [2.75, 3.05) is 31.1 Å². The largest absolute Gasteiger partial charge is 0.368 e. The number of benzene rings is 2. The van der Waals surface area contributed by atoms with Crippen molar-refractivity contribution in [2.24, 2.45) is 0 Å². The van der Waals surface area contributed by atoms with E-state index >= 15 is 0 Å². The number of rotatable bonds is 6. The van der Waals surface area contributed by atoms with E-state index in [1.807, 2.05) is 18.5 Å². The van der Waals surface area contributed by atoms with E-state index in [1.54, 1.807) is 6.20 Å². The van der Waals surface area contributed by atoms with Gasteiger partial charge in [-0.15, -0.1) is 0 Å². The molecule has 1 saturated heterocycles. The van der Waals surface area contributed by atoms with E-state index in [4.69, 9.17) is 4.52 Å². The zero-order valence-electron chi connectivity index (χ0n) is 21.2. The molecule has 0 unspecified atom stereocenters. The molecule has 37 heavy (non-hydrogen) atoms. The summed E-state index contributed by atoms with van der Waals surface area (Å²) in [6.45, 7) is 8.81. The highest BCUT2D eigenvalue weighted by atomic mass is 16.5. The lowest BCUT2D eigenvalue weighted by Crippen LogP contribution is -2.46. The number of nitrogens with zero attached hydrogens (tertiary/aromatic N) is 6. The Morgan fingerprint density at radius 2 is 1.68 bits per heavy atom. The predicted molar refractivity (Wildman–Crippen MR) is 146 cm³/mol. The number of aromatic nitrogens is 4. The van der Waals surface area contributed by atoms with E-state index in [2.05, 4.69) is 98.4 Å². The molecule has 5 aromatic rings. The summed E-state index contributed by atoms with van der Waals surface area (Å²) in [5.41, 5.74) is 6.73. The van der Waals surface area contributed by atoms with Crippen LogP contribution in [0, 0.1) is 0 Å². The lowest BCUT2D eigenvalue weighted by Gasteiger charge is -2.36. The van der Waals surface area contributed by atoms with Gasteiger partial charge in [0.05, 0.1) is 12.1 Å². The highest BCUT2D eigenvalue weighted by Crippen LogP contribution is 2.30. The van der Waals surface area contributed by atoms with Crippen molar-refractivity contribution in [2.45, 2.75) is 26.3 Å². The Morgan fingerprint density at radius 3 is 2.43 bits per heavy atom. The third-order valence-electron chi connectivity index (χ3n) is 7.08. The van der Waals surface area contributed by atoms with E-state index in [-0.39, 0.29) is 0 Å². The molecule has 0 N–H and O–H groups in total. The topological polar surface area (TPSA) is 71.2 Å². The Balaban J connectivity index is 1.11. The van der Waals surface area contributed by atoms with Crippen molar-refractivity contribution < 1.29 is 4.52 Å². The third-order valence-corrected chi connectivity index (χ3v) is 7.08. The second-order valence-corrected chi connectivity index (χ2v) is 9.86. The Kier molecular flexibility index (Phi) is 6.37.